The molecule has 152 valence electrons. The SMILES string of the molecule is O=C(Nc1ccccc1)N1C[C@H]2CN(CC(c3ccccc3)c3ccccc3)[C@@H]2C1. The van der Waals surface area contributed by atoms with Crippen LogP contribution in [0.1, 0.15) is 17.0 Å². The second-order valence-corrected chi connectivity index (χ2v) is 8.36. The number of hydrogen-bond donors (Lipinski definition) is 1. The van der Waals surface area contributed by atoms with E-state index in [4.69, 9.17) is 0 Å². The standard InChI is InChI=1S/C26H27N3O/c30-26(27-23-14-8-3-9-15-23)29-17-22-16-28(25(22)19-29)18-24(20-10-4-1-5-11-20)21-12-6-2-7-13-21/h1-15,22,24-25H,16-19H2,(H,27,30)/t22-,25-/m1/s1. The van der Waals surface area contributed by atoms with E-state index in [1.54, 1.807) is 0 Å². The number of hydrogen-bond acceptors (Lipinski definition) is 2. The molecule has 0 aromatic heterocycles. The zero-order chi connectivity index (χ0) is 20.3. The summed E-state index contributed by atoms with van der Waals surface area (Å²) in [6.45, 7) is 3.71. The summed E-state index contributed by atoms with van der Waals surface area (Å²) in [5, 5.41) is 3.03. The molecular formula is C26H27N3O. The molecule has 4 heteroatoms. The Morgan fingerprint density at radius 3 is 1.97 bits per heavy atom. The number of urea groups is 1. The van der Waals surface area contributed by atoms with Gasteiger partial charge in [0.05, 0.1) is 0 Å². The number of anilines is 1. The summed E-state index contributed by atoms with van der Waals surface area (Å²) in [5.74, 6) is 0.930. The van der Waals surface area contributed by atoms with E-state index in [0.717, 1.165) is 31.9 Å². The Morgan fingerprint density at radius 2 is 1.37 bits per heavy atom. The minimum absolute atomic E-state index is 0.0122. The van der Waals surface area contributed by atoms with Gasteiger partial charge in [0.15, 0.2) is 0 Å². The van der Waals surface area contributed by atoms with Crippen LogP contribution in [0.4, 0.5) is 10.5 Å². The zero-order valence-electron chi connectivity index (χ0n) is 17.0. The lowest BCUT2D eigenvalue weighted by Crippen LogP contribution is -2.56. The van der Waals surface area contributed by atoms with Crippen LogP contribution in [-0.2, 0) is 0 Å². The summed E-state index contributed by atoms with van der Waals surface area (Å²) in [4.78, 5) is 17.2. The highest BCUT2D eigenvalue weighted by Gasteiger charge is 2.47. The fourth-order valence-electron chi connectivity index (χ4n) is 4.85. The van der Waals surface area contributed by atoms with Crippen LogP contribution in [0.5, 0.6) is 0 Å². The lowest BCUT2D eigenvalue weighted by molar-refractivity contribution is 0.0485. The van der Waals surface area contributed by atoms with E-state index in [1.807, 2.05) is 35.2 Å². The fraction of sp³-hybridized carbons (Fsp3) is 0.269. The predicted octanol–water partition coefficient (Wildman–Crippen LogP) is 4.67. The molecule has 0 bridgehead atoms. The van der Waals surface area contributed by atoms with Gasteiger partial charge in [0.25, 0.3) is 0 Å². The highest BCUT2D eigenvalue weighted by Crippen LogP contribution is 2.36. The molecule has 2 atom stereocenters. The monoisotopic (exact) mass is 397 g/mol. The van der Waals surface area contributed by atoms with Gasteiger partial charge in [-0.1, -0.05) is 78.9 Å². The van der Waals surface area contributed by atoms with Crippen LogP contribution < -0.4 is 5.32 Å². The Bertz CT molecular complexity index is 937. The lowest BCUT2D eigenvalue weighted by Gasteiger charge is -2.45. The van der Waals surface area contributed by atoms with Crippen LogP contribution in [0.3, 0.4) is 0 Å². The fourth-order valence-corrected chi connectivity index (χ4v) is 4.85. The maximum Gasteiger partial charge on any atom is 0.321 e. The van der Waals surface area contributed by atoms with Crippen molar-refractivity contribution in [3.8, 4) is 0 Å². The van der Waals surface area contributed by atoms with Gasteiger partial charge >= 0.3 is 6.03 Å². The van der Waals surface area contributed by atoms with Gasteiger partial charge in [0, 0.05) is 49.7 Å². The summed E-state index contributed by atoms with van der Waals surface area (Å²) in [6.07, 6.45) is 0. The molecule has 2 fully saturated rings. The van der Waals surface area contributed by atoms with E-state index in [0.29, 0.717) is 17.9 Å². The molecule has 1 N–H and O–H groups in total. The zero-order valence-corrected chi connectivity index (χ0v) is 17.0. The first-order valence-electron chi connectivity index (χ1n) is 10.7. The van der Waals surface area contributed by atoms with Crippen LogP contribution in [-0.4, -0.2) is 48.1 Å². The number of benzene rings is 3. The average Bonchev–Trinajstić information content (AvgIpc) is 3.13. The number of fused-ring (bicyclic) bond motifs is 1. The molecule has 3 aromatic rings. The molecule has 2 amide bonds. The quantitative estimate of drug-likeness (QED) is 0.679. The molecule has 4 nitrogen and oxygen atoms in total. The van der Waals surface area contributed by atoms with E-state index in [-0.39, 0.29) is 6.03 Å². The Labute approximate surface area is 178 Å². The summed E-state index contributed by atoms with van der Waals surface area (Å²) in [6, 6.07) is 31.7. The summed E-state index contributed by atoms with van der Waals surface area (Å²) < 4.78 is 0. The first-order chi connectivity index (χ1) is 14.8. The van der Waals surface area contributed by atoms with Crippen LogP contribution in [0.2, 0.25) is 0 Å². The van der Waals surface area contributed by atoms with Crippen molar-refractivity contribution in [1.29, 1.82) is 0 Å². The minimum atomic E-state index is 0.0122. The third-order valence-corrected chi connectivity index (χ3v) is 6.48. The van der Waals surface area contributed by atoms with Crippen molar-refractivity contribution in [3.63, 3.8) is 0 Å². The number of para-hydroxylation sites is 1. The largest absolute Gasteiger partial charge is 0.323 e. The van der Waals surface area contributed by atoms with Gasteiger partial charge in [-0.3, -0.25) is 4.90 Å². The topological polar surface area (TPSA) is 35.6 Å². The molecule has 5 rings (SSSR count). The Kier molecular flexibility index (Phi) is 5.24. The van der Waals surface area contributed by atoms with E-state index in [2.05, 4.69) is 70.9 Å². The van der Waals surface area contributed by atoms with Crippen molar-refractivity contribution in [2.24, 2.45) is 5.92 Å². The van der Waals surface area contributed by atoms with Crippen molar-refractivity contribution in [1.82, 2.24) is 9.80 Å². The molecular weight excluding hydrogens is 370 g/mol. The van der Waals surface area contributed by atoms with Gasteiger partial charge in [0.1, 0.15) is 0 Å². The van der Waals surface area contributed by atoms with Gasteiger partial charge in [0.2, 0.25) is 0 Å². The van der Waals surface area contributed by atoms with Crippen molar-refractivity contribution in [3.05, 3.63) is 102 Å². The maximum atomic E-state index is 12.7. The van der Waals surface area contributed by atoms with Crippen molar-refractivity contribution < 1.29 is 4.79 Å². The van der Waals surface area contributed by atoms with Crippen molar-refractivity contribution >= 4 is 11.7 Å². The molecule has 0 aliphatic carbocycles. The third-order valence-electron chi connectivity index (χ3n) is 6.48. The van der Waals surface area contributed by atoms with Crippen LogP contribution >= 0.6 is 0 Å². The van der Waals surface area contributed by atoms with Gasteiger partial charge in [-0.05, 0) is 23.3 Å². The number of rotatable bonds is 5. The van der Waals surface area contributed by atoms with Gasteiger partial charge in [-0.15, -0.1) is 0 Å². The van der Waals surface area contributed by atoms with Gasteiger partial charge < -0.3 is 10.2 Å². The number of likely N-dealkylation sites (tertiary alicyclic amines) is 2. The number of amides is 2. The normalized spacial score (nSPS) is 20.6. The van der Waals surface area contributed by atoms with E-state index in [1.165, 1.54) is 11.1 Å². The lowest BCUT2D eigenvalue weighted by atomic mass is 9.86. The van der Waals surface area contributed by atoms with Crippen molar-refractivity contribution in [2.75, 3.05) is 31.5 Å². The summed E-state index contributed by atoms with van der Waals surface area (Å²) in [5.41, 5.74) is 3.56. The molecule has 2 aliphatic rings. The highest BCUT2D eigenvalue weighted by atomic mass is 16.2. The van der Waals surface area contributed by atoms with E-state index in [9.17, 15) is 4.79 Å². The molecule has 3 aromatic carbocycles. The minimum Gasteiger partial charge on any atom is -0.323 e. The number of nitrogens with zero attached hydrogens (tertiary/aromatic N) is 2. The smallest absolute Gasteiger partial charge is 0.321 e. The maximum absolute atomic E-state index is 12.7. The van der Waals surface area contributed by atoms with Gasteiger partial charge in [-0.2, -0.15) is 0 Å². The van der Waals surface area contributed by atoms with Crippen LogP contribution in [0.15, 0.2) is 91.0 Å². The second-order valence-electron chi connectivity index (χ2n) is 8.36. The highest BCUT2D eigenvalue weighted by molar-refractivity contribution is 5.89. The summed E-state index contributed by atoms with van der Waals surface area (Å²) >= 11 is 0. The number of nitrogens with one attached hydrogen (secondary N) is 1. The van der Waals surface area contributed by atoms with E-state index < -0.39 is 0 Å². The number of carbonyl (C=O) groups is 1. The Morgan fingerprint density at radius 1 is 0.800 bits per heavy atom. The van der Waals surface area contributed by atoms with Crippen LogP contribution in [0.25, 0.3) is 0 Å². The molecule has 0 saturated carbocycles. The third kappa shape index (κ3) is 3.83. The van der Waals surface area contributed by atoms with Gasteiger partial charge in [-0.25, -0.2) is 4.79 Å². The van der Waals surface area contributed by atoms with Crippen molar-refractivity contribution in [2.45, 2.75) is 12.0 Å². The van der Waals surface area contributed by atoms with E-state index >= 15 is 0 Å². The Balaban J connectivity index is 1.26. The predicted molar refractivity (Wildman–Crippen MR) is 121 cm³/mol. The Hall–Kier alpha value is -3.11. The molecule has 0 radical (unpaired) electrons. The average molecular weight is 398 g/mol. The molecule has 0 spiro atoms. The molecule has 0 unspecified atom stereocenters. The number of carbonyl (C=O) groups excluding carboxylic acids is 1. The van der Waals surface area contributed by atoms with Crippen LogP contribution in [0, 0.1) is 5.92 Å². The molecule has 2 heterocycles. The first kappa shape index (κ1) is 18.9. The second kappa shape index (κ2) is 8.33. The first-order valence-corrected chi connectivity index (χ1v) is 10.7. The molecule has 30 heavy (non-hydrogen) atoms. The summed E-state index contributed by atoms with van der Waals surface area (Å²) in [7, 11) is 0. The molecule has 2 aliphatic heterocycles. The molecule has 2 saturated heterocycles.